The van der Waals surface area contributed by atoms with Crippen molar-refractivity contribution < 1.29 is 4.79 Å². The van der Waals surface area contributed by atoms with E-state index < -0.39 is 0 Å². The van der Waals surface area contributed by atoms with Gasteiger partial charge in [0.1, 0.15) is 11.6 Å². The SMILES string of the molecule is Cc1cccc(NC(=O)N2CCc3nnc(C4CC4)n3CC2)c1. The van der Waals surface area contributed by atoms with Crippen molar-refractivity contribution in [3.63, 3.8) is 0 Å². The maximum absolute atomic E-state index is 12.5. The van der Waals surface area contributed by atoms with E-state index in [1.54, 1.807) is 0 Å². The van der Waals surface area contributed by atoms with Crippen LogP contribution in [0.15, 0.2) is 24.3 Å². The Bertz CT molecular complexity index is 734. The van der Waals surface area contributed by atoms with Gasteiger partial charge < -0.3 is 14.8 Å². The van der Waals surface area contributed by atoms with Gasteiger partial charge in [-0.2, -0.15) is 0 Å². The molecule has 1 aromatic carbocycles. The summed E-state index contributed by atoms with van der Waals surface area (Å²) in [5, 5.41) is 11.7. The molecule has 2 aliphatic rings. The highest BCUT2D eigenvalue weighted by atomic mass is 16.2. The fourth-order valence-electron chi connectivity index (χ4n) is 3.12. The molecule has 0 saturated heterocycles. The summed E-state index contributed by atoms with van der Waals surface area (Å²) in [6.07, 6.45) is 3.20. The zero-order chi connectivity index (χ0) is 15.8. The third kappa shape index (κ3) is 2.93. The summed E-state index contributed by atoms with van der Waals surface area (Å²) in [6, 6.07) is 7.84. The number of urea groups is 1. The fraction of sp³-hybridized carbons (Fsp3) is 0.471. The minimum absolute atomic E-state index is 0.0396. The molecular formula is C17H21N5O. The third-order valence-electron chi connectivity index (χ3n) is 4.55. The van der Waals surface area contributed by atoms with Crippen LogP contribution < -0.4 is 5.32 Å². The van der Waals surface area contributed by atoms with Crippen molar-refractivity contribution in [1.29, 1.82) is 0 Å². The molecule has 1 N–H and O–H groups in total. The second-order valence-electron chi connectivity index (χ2n) is 6.44. The lowest BCUT2D eigenvalue weighted by molar-refractivity contribution is 0.212. The first kappa shape index (κ1) is 14.2. The number of anilines is 1. The van der Waals surface area contributed by atoms with E-state index in [9.17, 15) is 4.79 Å². The lowest BCUT2D eigenvalue weighted by atomic mass is 10.2. The summed E-state index contributed by atoms with van der Waals surface area (Å²) in [5.74, 6) is 2.71. The van der Waals surface area contributed by atoms with Crippen LogP contribution in [0.3, 0.4) is 0 Å². The van der Waals surface area contributed by atoms with Gasteiger partial charge in [0.15, 0.2) is 0 Å². The topological polar surface area (TPSA) is 63.1 Å². The number of amides is 2. The molecule has 0 spiro atoms. The van der Waals surface area contributed by atoms with Crippen LogP contribution in [0.4, 0.5) is 10.5 Å². The Morgan fingerprint density at radius 1 is 1.22 bits per heavy atom. The molecule has 6 heteroatoms. The van der Waals surface area contributed by atoms with Gasteiger partial charge in [0, 0.05) is 37.7 Å². The van der Waals surface area contributed by atoms with E-state index in [4.69, 9.17) is 0 Å². The summed E-state index contributed by atoms with van der Waals surface area (Å²) >= 11 is 0. The molecule has 4 rings (SSSR count). The lowest BCUT2D eigenvalue weighted by Gasteiger charge is -2.20. The fourth-order valence-corrected chi connectivity index (χ4v) is 3.12. The van der Waals surface area contributed by atoms with Gasteiger partial charge in [-0.05, 0) is 37.5 Å². The number of aryl methyl sites for hydroxylation is 1. The average molecular weight is 311 g/mol. The number of rotatable bonds is 2. The molecule has 0 unspecified atom stereocenters. The quantitative estimate of drug-likeness (QED) is 0.927. The van der Waals surface area contributed by atoms with E-state index in [2.05, 4.69) is 20.1 Å². The zero-order valence-corrected chi connectivity index (χ0v) is 13.3. The highest BCUT2D eigenvalue weighted by Gasteiger charge is 2.31. The van der Waals surface area contributed by atoms with Crippen LogP contribution in [0, 0.1) is 6.92 Å². The van der Waals surface area contributed by atoms with Crippen LogP contribution in [-0.2, 0) is 13.0 Å². The number of nitrogens with one attached hydrogen (secondary N) is 1. The zero-order valence-electron chi connectivity index (χ0n) is 13.3. The van der Waals surface area contributed by atoms with Crippen molar-refractivity contribution in [3.8, 4) is 0 Å². The van der Waals surface area contributed by atoms with Crippen LogP contribution in [0.5, 0.6) is 0 Å². The monoisotopic (exact) mass is 311 g/mol. The summed E-state index contributed by atoms with van der Waals surface area (Å²) in [6.45, 7) is 4.19. The second-order valence-corrected chi connectivity index (χ2v) is 6.44. The molecule has 0 bridgehead atoms. The molecule has 2 aromatic rings. The van der Waals surface area contributed by atoms with Gasteiger partial charge in [-0.3, -0.25) is 0 Å². The van der Waals surface area contributed by atoms with Gasteiger partial charge in [-0.25, -0.2) is 4.79 Å². The number of hydrogen-bond donors (Lipinski definition) is 1. The first-order valence-electron chi connectivity index (χ1n) is 8.25. The van der Waals surface area contributed by atoms with Crippen molar-refractivity contribution >= 4 is 11.7 Å². The van der Waals surface area contributed by atoms with Crippen molar-refractivity contribution in [2.45, 2.75) is 38.6 Å². The van der Waals surface area contributed by atoms with E-state index >= 15 is 0 Å². The molecule has 2 amide bonds. The molecule has 6 nitrogen and oxygen atoms in total. The number of carbonyl (C=O) groups excluding carboxylic acids is 1. The predicted octanol–water partition coefficient (Wildman–Crippen LogP) is 2.55. The number of fused-ring (bicyclic) bond motifs is 1. The van der Waals surface area contributed by atoms with E-state index in [1.807, 2.05) is 36.1 Å². The largest absolute Gasteiger partial charge is 0.322 e. The molecule has 2 heterocycles. The van der Waals surface area contributed by atoms with Crippen LogP contribution in [0.1, 0.15) is 36.0 Å². The summed E-state index contributed by atoms with van der Waals surface area (Å²) in [7, 11) is 0. The van der Waals surface area contributed by atoms with Gasteiger partial charge in [-0.15, -0.1) is 10.2 Å². The number of benzene rings is 1. The smallest absolute Gasteiger partial charge is 0.321 e. The van der Waals surface area contributed by atoms with Gasteiger partial charge in [0.2, 0.25) is 0 Å². The van der Waals surface area contributed by atoms with Crippen LogP contribution in [0.2, 0.25) is 0 Å². The van der Waals surface area contributed by atoms with Gasteiger partial charge >= 0.3 is 6.03 Å². The highest BCUT2D eigenvalue weighted by Crippen LogP contribution is 2.39. The van der Waals surface area contributed by atoms with Gasteiger partial charge in [0.25, 0.3) is 0 Å². The predicted molar refractivity (Wildman–Crippen MR) is 87.5 cm³/mol. The number of hydrogen-bond acceptors (Lipinski definition) is 3. The second kappa shape index (κ2) is 5.68. The average Bonchev–Trinajstić information content (AvgIpc) is 3.32. The van der Waals surface area contributed by atoms with Gasteiger partial charge in [0.05, 0.1) is 0 Å². The molecule has 1 aliphatic carbocycles. The Hall–Kier alpha value is -2.37. The summed E-state index contributed by atoms with van der Waals surface area (Å²) in [5.41, 5.74) is 1.98. The minimum atomic E-state index is -0.0396. The summed E-state index contributed by atoms with van der Waals surface area (Å²) in [4.78, 5) is 14.4. The molecule has 0 atom stereocenters. The van der Waals surface area contributed by atoms with Crippen molar-refractivity contribution in [3.05, 3.63) is 41.5 Å². The van der Waals surface area contributed by atoms with Crippen LogP contribution in [-0.4, -0.2) is 38.8 Å². The molecule has 1 fully saturated rings. The minimum Gasteiger partial charge on any atom is -0.322 e. The first-order valence-corrected chi connectivity index (χ1v) is 8.25. The Balaban J connectivity index is 1.44. The van der Waals surface area contributed by atoms with Gasteiger partial charge in [-0.1, -0.05) is 12.1 Å². The molecule has 1 saturated carbocycles. The van der Waals surface area contributed by atoms with Crippen LogP contribution in [0.25, 0.3) is 0 Å². The molecule has 1 aromatic heterocycles. The van der Waals surface area contributed by atoms with Crippen LogP contribution >= 0.6 is 0 Å². The molecule has 0 radical (unpaired) electrons. The molecule has 1 aliphatic heterocycles. The van der Waals surface area contributed by atoms with Crippen molar-refractivity contribution in [2.24, 2.45) is 0 Å². The molecule has 120 valence electrons. The number of aromatic nitrogens is 3. The Labute approximate surface area is 135 Å². The molecule has 23 heavy (non-hydrogen) atoms. The standard InChI is InChI=1S/C17H21N5O/c1-12-3-2-4-14(11-12)18-17(23)21-8-7-15-19-20-16(13-5-6-13)22(15)10-9-21/h2-4,11,13H,5-10H2,1H3,(H,18,23). The Kier molecular flexibility index (Phi) is 3.52. The van der Waals surface area contributed by atoms with E-state index in [0.29, 0.717) is 19.0 Å². The normalized spacial score (nSPS) is 17.5. The number of nitrogens with zero attached hydrogens (tertiary/aromatic N) is 4. The summed E-state index contributed by atoms with van der Waals surface area (Å²) < 4.78 is 2.22. The molecular weight excluding hydrogens is 290 g/mol. The van der Waals surface area contributed by atoms with Crippen molar-refractivity contribution in [2.75, 3.05) is 18.4 Å². The van der Waals surface area contributed by atoms with E-state index in [0.717, 1.165) is 35.9 Å². The highest BCUT2D eigenvalue weighted by molar-refractivity contribution is 5.89. The van der Waals surface area contributed by atoms with E-state index in [1.165, 1.54) is 12.8 Å². The van der Waals surface area contributed by atoms with Crippen molar-refractivity contribution in [1.82, 2.24) is 19.7 Å². The maximum atomic E-state index is 12.5. The lowest BCUT2D eigenvalue weighted by Crippen LogP contribution is -2.37. The maximum Gasteiger partial charge on any atom is 0.321 e. The number of carbonyl (C=O) groups is 1. The third-order valence-corrected chi connectivity index (χ3v) is 4.55. The first-order chi connectivity index (χ1) is 11.2. The van der Waals surface area contributed by atoms with E-state index in [-0.39, 0.29) is 6.03 Å². The Morgan fingerprint density at radius 2 is 2.09 bits per heavy atom. The Morgan fingerprint density at radius 3 is 2.87 bits per heavy atom.